The van der Waals surface area contributed by atoms with Crippen molar-refractivity contribution in [2.45, 2.75) is 31.1 Å². The van der Waals surface area contributed by atoms with Crippen molar-refractivity contribution in [3.63, 3.8) is 0 Å². The van der Waals surface area contributed by atoms with Crippen LogP contribution in [0.5, 0.6) is 0 Å². The molecule has 0 aliphatic carbocycles. The molecule has 2 aromatic rings. The molecule has 0 saturated heterocycles. The van der Waals surface area contributed by atoms with Gasteiger partial charge in [0.15, 0.2) is 0 Å². The highest BCUT2D eigenvalue weighted by Crippen LogP contribution is 2.27. The first kappa shape index (κ1) is 17.1. The van der Waals surface area contributed by atoms with E-state index in [-0.39, 0.29) is 9.92 Å². The first-order valence-corrected chi connectivity index (χ1v) is 9.23. The van der Waals surface area contributed by atoms with Crippen molar-refractivity contribution in [1.82, 2.24) is 0 Å². The zero-order valence-corrected chi connectivity index (χ0v) is 14.5. The molecule has 0 saturated carbocycles. The second-order valence-electron chi connectivity index (χ2n) is 4.98. The number of sulfonamides is 1. The van der Waals surface area contributed by atoms with Crippen molar-refractivity contribution in [2.75, 3.05) is 4.72 Å². The van der Waals surface area contributed by atoms with Crippen molar-refractivity contribution in [3.05, 3.63) is 58.1 Å². The number of aryl methyl sites for hydroxylation is 1. The van der Waals surface area contributed by atoms with Crippen molar-refractivity contribution < 1.29 is 8.42 Å². The topological polar surface area (TPSA) is 46.2 Å². The van der Waals surface area contributed by atoms with Gasteiger partial charge in [-0.1, -0.05) is 48.7 Å². The molecule has 0 aromatic heterocycles. The lowest BCUT2D eigenvalue weighted by atomic mass is 10.1. The average Bonchev–Trinajstić information content (AvgIpc) is 2.48. The third-order valence-corrected chi connectivity index (χ3v) is 5.31. The Bertz CT molecular complexity index is 743. The third kappa shape index (κ3) is 4.38. The number of benzene rings is 2. The minimum Gasteiger partial charge on any atom is -0.280 e. The van der Waals surface area contributed by atoms with Gasteiger partial charge < -0.3 is 0 Å². The quantitative estimate of drug-likeness (QED) is 0.777. The van der Waals surface area contributed by atoms with Crippen LogP contribution in [0.15, 0.2) is 47.4 Å². The molecular weight excluding hydrogens is 341 g/mol. The highest BCUT2D eigenvalue weighted by Gasteiger charge is 2.18. The number of halogens is 2. The largest absolute Gasteiger partial charge is 0.280 e. The van der Waals surface area contributed by atoms with Gasteiger partial charge in [-0.3, -0.25) is 4.72 Å². The molecule has 0 amide bonds. The second-order valence-corrected chi connectivity index (χ2v) is 7.48. The van der Waals surface area contributed by atoms with Crippen molar-refractivity contribution in [3.8, 4) is 0 Å². The first-order chi connectivity index (χ1) is 10.4. The Morgan fingerprint density at radius 3 is 2.36 bits per heavy atom. The Balaban J connectivity index is 2.20. The lowest BCUT2D eigenvalue weighted by molar-refractivity contribution is 0.601. The van der Waals surface area contributed by atoms with Gasteiger partial charge in [0.25, 0.3) is 10.0 Å². The van der Waals surface area contributed by atoms with Gasteiger partial charge in [0.1, 0.15) is 4.90 Å². The Labute approximate surface area is 141 Å². The fourth-order valence-electron chi connectivity index (χ4n) is 2.01. The fourth-order valence-corrected chi connectivity index (χ4v) is 3.84. The maximum absolute atomic E-state index is 12.4. The van der Waals surface area contributed by atoms with Gasteiger partial charge in [0.2, 0.25) is 0 Å². The minimum atomic E-state index is -3.76. The molecule has 1 N–H and O–H groups in total. The van der Waals surface area contributed by atoms with Crippen molar-refractivity contribution >= 4 is 38.9 Å². The predicted molar refractivity (Wildman–Crippen MR) is 92.3 cm³/mol. The number of hydrogen-bond acceptors (Lipinski definition) is 2. The molecule has 2 aromatic carbocycles. The monoisotopic (exact) mass is 357 g/mol. The van der Waals surface area contributed by atoms with Gasteiger partial charge in [0.05, 0.1) is 5.02 Å². The molecular formula is C16H17Cl2NO2S. The van der Waals surface area contributed by atoms with Gasteiger partial charge in [-0.15, -0.1) is 0 Å². The van der Waals surface area contributed by atoms with E-state index in [1.54, 1.807) is 18.2 Å². The van der Waals surface area contributed by atoms with Crippen LogP contribution in [0.25, 0.3) is 0 Å². The van der Waals surface area contributed by atoms with Crippen LogP contribution in [0, 0.1) is 0 Å². The van der Waals surface area contributed by atoms with Crippen LogP contribution in [0.2, 0.25) is 10.0 Å². The SMILES string of the molecule is CCCCc1ccc(NS(=O)(=O)c2cc(Cl)ccc2Cl)cc1. The summed E-state index contributed by atoms with van der Waals surface area (Å²) in [6.45, 7) is 2.14. The highest BCUT2D eigenvalue weighted by molar-refractivity contribution is 7.92. The summed E-state index contributed by atoms with van der Waals surface area (Å²) in [5, 5.41) is 0.455. The molecule has 0 aliphatic heterocycles. The molecule has 0 aliphatic rings. The average molecular weight is 358 g/mol. The molecule has 118 valence electrons. The number of nitrogens with one attached hydrogen (secondary N) is 1. The van der Waals surface area contributed by atoms with Crippen molar-refractivity contribution in [1.29, 1.82) is 0 Å². The number of rotatable bonds is 6. The van der Waals surface area contributed by atoms with E-state index >= 15 is 0 Å². The van der Waals surface area contributed by atoms with Crippen LogP contribution in [0.1, 0.15) is 25.3 Å². The van der Waals surface area contributed by atoms with Crippen LogP contribution in [-0.4, -0.2) is 8.42 Å². The van der Waals surface area contributed by atoms with E-state index in [2.05, 4.69) is 11.6 Å². The predicted octanol–water partition coefficient (Wildman–Crippen LogP) is 5.14. The molecule has 3 nitrogen and oxygen atoms in total. The summed E-state index contributed by atoms with van der Waals surface area (Å²) in [4.78, 5) is -0.0308. The summed E-state index contributed by atoms with van der Waals surface area (Å²) in [5.74, 6) is 0. The van der Waals surface area contributed by atoms with E-state index in [0.717, 1.165) is 19.3 Å². The van der Waals surface area contributed by atoms with E-state index in [1.165, 1.54) is 17.7 Å². The van der Waals surface area contributed by atoms with Gasteiger partial charge in [0, 0.05) is 10.7 Å². The maximum Gasteiger partial charge on any atom is 0.263 e. The zero-order valence-electron chi connectivity index (χ0n) is 12.1. The lowest BCUT2D eigenvalue weighted by Gasteiger charge is -2.10. The minimum absolute atomic E-state index is 0.0308. The van der Waals surface area contributed by atoms with E-state index in [0.29, 0.717) is 10.7 Å². The van der Waals surface area contributed by atoms with Crippen LogP contribution >= 0.6 is 23.2 Å². The number of hydrogen-bond donors (Lipinski definition) is 1. The summed E-state index contributed by atoms with van der Waals surface area (Å²) in [7, 11) is -3.76. The van der Waals surface area contributed by atoms with E-state index in [4.69, 9.17) is 23.2 Å². The summed E-state index contributed by atoms with van der Waals surface area (Å²) in [6, 6.07) is 11.7. The molecule has 22 heavy (non-hydrogen) atoms. The lowest BCUT2D eigenvalue weighted by Crippen LogP contribution is -2.13. The summed E-state index contributed by atoms with van der Waals surface area (Å²) in [6.07, 6.45) is 3.23. The smallest absolute Gasteiger partial charge is 0.263 e. The van der Waals surface area contributed by atoms with E-state index < -0.39 is 10.0 Å². The molecule has 0 heterocycles. The van der Waals surface area contributed by atoms with Gasteiger partial charge in [-0.25, -0.2) is 8.42 Å². The van der Waals surface area contributed by atoms with E-state index in [1.807, 2.05) is 12.1 Å². The molecule has 0 radical (unpaired) electrons. The van der Waals surface area contributed by atoms with Gasteiger partial charge >= 0.3 is 0 Å². The Morgan fingerprint density at radius 2 is 1.73 bits per heavy atom. The molecule has 0 atom stereocenters. The highest BCUT2D eigenvalue weighted by atomic mass is 35.5. The maximum atomic E-state index is 12.4. The molecule has 0 unspecified atom stereocenters. The normalized spacial score (nSPS) is 11.4. The van der Waals surface area contributed by atoms with Crippen LogP contribution in [-0.2, 0) is 16.4 Å². The summed E-state index contributed by atoms with van der Waals surface area (Å²) < 4.78 is 27.3. The summed E-state index contributed by atoms with van der Waals surface area (Å²) in [5.41, 5.74) is 1.68. The van der Waals surface area contributed by atoms with E-state index in [9.17, 15) is 8.42 Å². The van der Waals surface area contributed by atoms with Gasteiger partial charge in [-0.2, -0.15) is 0 Å². The standard InChI is InChI=1S/C16H17Cl2NO2S/c1-2-3-4-12-5-8-14(9-6-12)19-22(20,21)16-11-13(17)7-10-15(16)18/h5-11,19H,2-4H2,1H3. The molecule has 0 bridgehead atoms. The Hall–Kier alpha value is -1.23. The number of unbranched alkanes of at least 4 members (excludes halogenated alkanes) is 1. The molecule has 0 spiro atoms. The van der Waals surface area contributed by atoms with Crippen LogP contribution < -0.4 is 4.72 Å². The van der Waals surface area contributed by atoms with Crippen LogP contribution in [0.3, 0.4) is 0 Å². The zero-order chi connectivity index (χ0) is 16.2. The Morgan fingerprint density at radius 1 is 1.05 bits per heavy atom. The molecule has 0 fully saturated rings. The third-order valence-electron chi connectivity index (χ3n) is 3.21. The molecule has 6 heteroatoms. The number of anilines is 1. The van der Waals surface area contributed by atoms with Crippen molar-refractivity contribution in [2.24, 2.45) is 0 Å². The fraction of sp³-hybridized carbons (Fsp3) is 0.250. The summed E-state index contributed by atoms with van der Waals surface area (Å²) >= 11 is 11.8. The Kier molecular flexibility index (Phi) is 5.73. The first-order valence-electron chi connectivity index (χ1n) is 6.99. The van der Waals surface area contributed by atoms with Crippen LogP contribution in [0.4, 0.5) is 5.69 Å². The molecule has 2 rings (SSSR count). The van der Waals surface area contributed by atoms with Gasteiger partial charge in [-0.05, 0) is 48.7 Å². The second kappa shape index (κ2) is 7.36.